The molecule has 2 aromatic rings. The third-order valence-corrected chi connectivity index (χ3v) is 3.71. The van der Waals surface area contributed by atoms with Gasteiger partial charge < -0.3 is 10.5 Å². The number of para-hydroxylation sites is 1. The molecule has 0 radical (unpaired) electrons. The summed E-state index contributed by atoms with van der Waals surface area (Å²) in [6.07, 6.45) is 0.533. The lowest BCUT2D eigenvalue weighted by Gasteiger charge is -2.17. The van der Waals surface area contributed by atoms with Gasteiger partial charge in [-0.3, -0.25) is 0 Å². The molecule has 0 saturated carbocycles. The molecule has 2 rings (SSSR count). The van der Waals surface area contributed by atoms with Crippen LogP contribution in [0.4, 0.5) is 8.78 Å². The van der Waals surface area contributed by atoms with Gasteiger partial charge in [0.2, 0.25) is 0 Å². The molecule has 0 amide bonds. The van der Waals surface area contributed by atoms with E-state index in [0.717, 1.165) is 10.0 Å². The first-order chi connectivity index (χ1) is 9.58. The van der Waals surface area contributed by atoms with Crippen LogP contribution in [-0.2, 0) is 6.42 Å². The van der Waals surface area contributed by atoms with Gasteiger partial charge in [0.15, 0.2) is 0 Å². The fourth-order valence-corrected chi connectivity index (χ4v) is 2.45. The summed E-state index contributed by atoms with van der Waals surface area (Å²) < 4.78 is 30.2. The Labute approximate surface area is 124 Å². The molecule has 0 fully saturated rings. The molecule has 1 atom stereocenters. The quantitative estimate of drug-likeness (QED) is 0.880. The molecule has 20 heavy (non-hydrogen) atoms. The minimum Gasteiger partial charge on any atom is -0.434 e. The molecule has 106 valence electrons. The number of hydrogen-bond donors (Lipinski definition) is 1. The van der Waals surface area contributed by atoms with Crippen molar-refractivity contribution in [2.24, 2.45) is 5.73 Å². The zero-order chi connectivity index (χ0) is 14.5. The zero-order valence-corrected chi connectivity index (χ0v) is 12.2. The number of hydrogen-bond acceptors (Lipinski definition) is 2. The summed E-state index contributed by atoms with van der Waals surface area (Å²) in [6.45, 7) is -2.85. The lowest BCUT2D eigenvalue weighted by molar-refractivity contribution is -0.0506. The van der Waals surface area contributed by atoms with Gasteiger partial charge in [0.25, 0.3) is 0 Å². The highest BCUT2D eigenvalue weighted by Crippen LogP contribution is 2.29. The van der Waals surface area contributed by atoms with Gasteiger partial charge in [0.05, 0.1) is 0 Å². The molecule has 0 saturated heterocycles. The van der Waals surface area contributed by atoms with Gasteiger partial charge in [-0.05, 0) is 24.1 Å². The van der Waals surface area contributed by atoms with E-state index >= 15 is 0 Å². The van der Waals surface area contributed by atoms with Gasteiger partial charge >= 0.3 is 6.61 Å². The molecular weight excluding hydrogens is 328 g/mol. The third kappa shape index (κ3) is 3.77. The standard InChI is InChI=1S/C15H14BrF2NO/c16-12-7-3-1-5-10(12)9-13(19)11-6-2-4-8-14(11)20-15(17)18/h1-8,13,15H,9,19H2. The Morgan fingerprint density at radius 2 is 1.70 bits per heavy atom. The highest BCUT2D eigenvalue weighted by atomic mass is 79.9. The number of rotatable bonds is 5. The summed E-state index contributed by atoms with van der Waals surface area (Å²) in [5.41, 5.74) is 7.72. The second-order valence-electron chi connectivity index (χ2n) is 4.32. The number of halogens is 3. The largest absolute Gasteiger partial charge is 0.434 e. The van der Waals surface area contributed by atoms with Crippen LogP contribution in [0.2, 0.25) is 0 Å². The van der Waals surface area contributed by atoms with Crippen LogP contribution in [0.5, 0.6) is 5.75 Å². The van der Waals surface area contributed by atoms with Crippen molar-refractivity contribution < 1.29 is 13.5 Å². The van der Waals surface area contributed by atoms with Crippen molar-refractivity contribution >= 4 is 15.9 Å². The Balaban J connectivity index is 2.21. The number of nitrogens with two attached hydrogens (primary N) is 1. The summed E-state index contributed by atoms with van der Waals surface area (Å²) >= 11 is 3.45. The molecule has 1 unspecified atom stereocenters. The van der Waals surface area contributed by atoms with Gasteiger partial charge in [-0.25, -0.2) is 0 Å². The van der Waals surface area contributed by atoms with Gasteiger partial charge in [-0.15, -0.1) is 0 Å². The molecule has 0 bridgehead atoms. The van der Waals surface area contributed by atoms with Gasteiger partial charge in [0, 0.05) is 16.1 Å². The summed E-state index contributed by atoms with van der Waals surface area (Å²) in [7, 11) is 0. The monoisotopic (exact) mass is 341 g/mol. The average Bonchev–Trinajstić information content (AvgIpc) is 2.41. The van der Waals surface area contributed by atoms with Crippen molar-refractivity contribution in [3.8, 4) is 5.75 Å². The van der Waals surface area contributed by atoms with Crippen LogP contribution in [0.3, 0.4) is 0 Å². The zero-order valence-electron chi connectivity index (χ0n) is 10.6. The first-order valence-corrected chi connectivity index (χ1v) is 6.90. The smallest absolute Gasteiger partial charge is 0.387 e. The molecule has 0 aliphatic heterocycles. The Morgan fingerprint density at radius 1 is 1.05 bits per heavy atom. The number of alkyl halides is 2. The summed E-state index contributed by atoms with van der Waals surface area (Å²) in [5.74, 6) is 0.127. The second-order valence-corrected chi connectivity index (χ2v) is 5.17. The maximum absolute atomic E-state index is 12.4. The topological polar surface area (TPSA) is 35.2 Å². The van der Waals surface area contributed by atoms with Crippen LogP contribution in [0, 0.1) is 0 Å². The van der Waals surface area contributed by atoms with E-state index in [4.69, 9.17) is 5.73 Å². The van der Waals surface area contributed by atoms with E-state index in [1.165, 1.54) is 6.07 Å². The van der Waals surface area contributed by atoms with E-state index in [9.17, 15) is 8.78 Å². The van der Waals surface area contributed by atoms with Crippen molar-refractivity contribution in [3.63, 3.8) is 0 Å². The van der Waals surface area contributed by atoms with Crippen molar-refractivity contribution in [1.29, 1.82) is 0 Å². The normalized spacial score (nSPS) is 12.4. The first-order valence-electron chi connectivity index (χ1n) is 6.10. The van der Waals surface area contributed by atoms with Crippen molar-refractivity contribution in [1.82, 2.24) is 0 Å². The van der Waals surface area contributed by atoms with Crippen LogP contribution in [0.25, 0.3) is 0 Å². The molecule has 0 aliphatic rings. The summed E-state index contributed by atoms with van der Waals surface area (Å²) in [6, 6.07) is 13.9. The molecule has 0 heterocycles. The fraction of sp³-hybridized carbons (Fsp3) is 0.200. The predicted molar refractivity (Wildman–Crippen MR) is 77.8 cm³/mol. The Bertz CT molecular complexity index is 577. The van der Waals surface area contributed by atoms with Crippen molar-refractivity contribution in [2.75, 3.05) is 0 Å². The van der Waals surface area contributed by atoms with Crippen LogP contribution in [-0.4, -0.2) is 6.61 Å². The van der Waals surface area contributed by atoms with Gasteiger partial charge in [0.1, 0.15) is 5.75 Å². The van der Waals surface area contributed by atoms with E-state index in [0.29, 0.717) is 12.0 Å². The van der Waals surface area contributed by atoms with Gasteiger partial charge in [-0.2, -0.15) is 8.78 Å². The lowest BCUT2D eigenvalue weighted by Crippen LogP contribution is -2.16. The number of benzene rings is 2. The van der Waals surface area contributed by atoms with E-state index in [-0.39, 0.29) is 5.75 Å². The molecule has 0 aromatic heterocycles. The third-order valence-electron chi connectivity index (χ3n) is 2.93. The van der Waals surface area contributed by atoms with Crippen LogP contribution in [0.15, 0.2) is 53.0 Å². The summed E-state index contributed by atoms with van der Waals surface area (Å²) in [4.78, 5) is 0. The second kappa shape index (κ2) is 6.81. The number of ether oxygens (including phenoxy) is 1. The van der Waals surface area contributed by atoms with E-state index < -0.39 is 12.7 Å². The molecule has 0 spiro atoms. The lowest BCUT2D eigenvalue weighted by atomic mass is 9.99. The predicted octanol–water partition coefficient (Wildman–Crippen LogP) is 4.29. The molecule has 0 aliphatic carbocycles. The Morgan fingerprint density at radius 3 is 2.40 bits per heavy atom. The first kappa shape index (κ1) is 14.9. The molecule has 5 heteroatoms. The van der Waals surface area contributed by atoms with Crippen molar-refractivity contribution in [3.05, 3.63) is 64.1 Å². The fourth-order valence-electron chi connectivity index (χ4n) is 2.00. The van der Waals surface area contributed by atoms with Crippen LogP contribution >= 0.6 is 15.9 Å². The molecular formula is C15H14BrF2NO. The van der Waals surface area contributed by atoms with Crippen LogP contribution < -0.4 is 10.5 Å². The Kier molecular flexibility index (Phi) is 5.09. The van der Waals surface area contributed by atoms with Crippen LogP contribution in [0.1, 0.15) is 17.2 Å². The van der Waals surface area contributed by atoms with E-state index in [2.05, 4.69) is 20.7 Å². The van der Waals surface area contributed by atoms with Gasteiger partial charge in [-0.1, -0.05) is 52.3 Å². The van der Waals surface area contributed by atoms with E-state index in [1.807, 2.05) is 24.3 Å². The molecule has 2 aromatic carbocycles. The Hall–Kier alpha value is -1.46. The molecule has 2 N–H and O–H groups in total. The maximum atomic E-state index is 12.4. The maximum Gasteiger partial charge on any atom is 0.387 e. The summed E-state index contributed by atoms with van der Waals surface area (Å²) in [5, 5.41) is 0. The minimum atomic E-state index is -2.85. The van der Waals surface area contributed by atoms with Crippen molar-refractivity contribution in [2.45, 2.75) is 19.1 Å². The SMILES string of the molecule is NC(Cc1ccccc1Br)c1ccccc1OC(F)F. The van der Waals surface area contributed by atoms with E-state index in [1.54, 1.807) is 18.2 Å². The highest BCUT2D eigenvalue weighted by Gasteiger charge is 2.16. The highest BCUT2D eigenvalue weighted by molar-refractivity contribution is 9.10. The molecule has 2 nitrogen and oxygen atoms in total. The average molecular weight is 342 g/mol. The minimum absolute atomic E-state index is 0.127.